The lowest BCUT2D eigenvalue weighted by Crippen LogP contribution is -2.38. The summed E-state index contributed by atoms with van der Waals surface area (Å²) >= 11 is 0. The number of fused-ring (bicyclic) bond motifs is 1. The summed E-state index contributed by atoms with van der Waals surface area (Å²) in [6.07, 6.45) is 6.38. The summed E-state index contributed by atoms with van der Waals surface area (Å²) in [6, 6.07) is 6.23. The van der Waals surface area contributed by atoms with Gasteiger partial charge < -0.3 is 14.5 Å². The molecule has 0 aliphatic carbocycles. The molecule has 4 heterocycles. The van der Waals surface area contributed by atoms with Gasteiger partial charge in [-0.25, -0.2) is 4.68 Å². The third-order valence-corrected chi connectivity index (χ3v) is 7.63. The molecule has 194 valence electrons. The van der Waals surface area contributed by atoms with Crippen molar-refractivity contribution < 1.29 is 9.47 Å². The molecule has 9 heteroatoms. The predicted octanol–water partition coefficient (Wildman–Crippen LogP) is 3.83. The van der Waals surface area contributed by atoms with Crippen LogP contribution in [-0.4, -0.2) is 62.1 Å². The molecule has 36 heavy (non-hydrogen) atoms. The summed E-state index contributed by atoms with van der Waals surface area (Å²) in [5, 5.41) is 13.9. The molecule has 2 saturated heterocycles. The summed E-state index contributed by atoms with van der Waals surface area (Å²) in [7, 11) is 0. The number of pyridine rings is 1. The standard InChI is InChI=1S/C27H38N6O3/c1-4-7-25(26-29-30-31-33(26)17-23-9-6-11-36-23)32(16-22-8-5-10-35-22)15-21-14-20-12-18(2)19(3)13-24(20)28-27(21)34/h12-14,22-23,25H,4-11,15-17H2,1-3H3,(H,28,34)/t22-,23+,25+/m0/s1. The summed E-state index contributed by atoms with van der Waals surface area (Å²) in [5.41, 5.74) is 3.98. The van der Waals surface area contributed by atoms with E-state index in [1.54, 1.807) is 0 Å². The van der Waals surface area contributed by atoms with Gasteiger partial charge in [0.15, 0.2) is 5.82 Å². The molecule has 3 atom stereocenters. The third-order valence-electron chi connectivity index (χ3n) is 7.63. The lowest BCUT2D eigenvalue weighted by atomic mass is 10.0. The molecule has 2 fully saturated rings. The van der Waals surface area contributed by atoms with Crippen LogP contribution < -0.4 is 5.56 Å². The van der Waals surface area contributed by atoms with Gasteiger partial charge in [0.1, 0.15) is 0 Å². The van der Waals surface area contributed by atoms with Crippen molar-refractivity contribution >= 4 is 10.9 Å². The zero-order valence-electron chi connectivity index (χ0n) is 21.7. The van der Waals surface area contributed by atoms with E-state index in [0.717, 1.165) is 80.6 Å². The number of nitrogens with zero attached hydrogens (tertiary/aromatic N) is 5. The van der Waals surface area contributed by atoms with E-state index in [2.05, 4.69) is 58.3 Å². The first-order valence-electron chi connectivity index (χ1n) is 13.4. The highest BCUT2D eigenvalue weighted by molar-refractivity contribution is 5.80. The van der Waals surface area contributed by atoms with Crippen LogP contribution in [0.2, 0.25) is 0 Å². The maximum Gasteiger partial charge on any atom is 0.252 e. The second-order valence-electron chi connectivity index (χ2n) is 10.4. The maximum atomic E-state index is 13.2. The van der Waals surface area contributed by atoms with Gasteiger partial charge in [-0.2, -0.15) is 0 Å². The Morgan fingerprint density at radius 3 is 2.58 bits per heavy atom. The monoisotopic (exact) mass is 494 g/mol. The molecule has 0 saturated carbocycles. The topological polar surface area (TPSA) is 98.2 Å². The summed E-state index contributed by atoms with van der Waals surface area (Å²) in [4.78, 5) is 18.7. The Labute approximate surface area is 212 Å². The van der Waals surface area contributed by atoms with Crippen LogP contribution in [-0.2, 0) is 22.6 Å². The lowest BCUT2D eigenvalue weighted by molar-refractivity contribution is 0.0457. The van der Waals surface area contributed by atoms with Gasteiger partial charge in [0.05, 0.1) is 24.8 Å². The van der Waals surface area contributed by atoms with Crippen molar-refractivity contribution in [3.8, 4) is 0 Å². The van der Waals surface area contributed by atoms with Crippen LogP contribution in [0.1, 0.15) is 74.0 Å². The zero-order valence-corrected chi connectivity index (χ0v) is 21.7. The fraction of sp³-hybridized carbons (Fsp3) is 0.630. The van der Waals surface area contributed by atoms with E-state index in [0.29, 0.717) is 13.1 Å². The first kappa shape index (κ1) is 25.0. The molecular weight excluding hydrogens is 456 g/mol. The van der Waals surface area contributed by atoms with Crippen LogP contribution in [0.5, 0.6) is 0 Å². The van der Waals surface area contributed by atoms with Crippen molar-refractivity contribution in [1.29, 1.82) is 0 Å². The molecule has 0 amide bonds. The smallest absolute Gasteiger partial charge is 0.252 e. The molecular formula is C27H38N6O3. The number of nitrogens with one attached hydrogen (secondary N) is 1. The second-order valence-corrected chi connectivity index (χ2v) is 10.4. The van der Waals surface area contributed by atoms with E-state index in [1.165, 1.54) is 11.1 Å². The highest BCUT2D eigenvalue weighted by atomic mass is 16.5. The maximum absolute atomic E-state index is 13.2. The quantitative estimate of drug-likeness (QED) is 0.457. The van der Waals surface area contributed by atoms with Gasteiger partial charge in [-0.3, -0.25) is 9.69 Å². The van der Waals surface area contributed by atoms with Gasteiger partial charge >= 0.3 is 0 Å². The molecule has 2 aliphatic rings. The Bertz CT molecular complexity index is 1230. The Kier molecular flexibility index (Phi) is 7.79. The Morgan fingerprint density at radius 2 is 1.86 bits per heavy atom. The molecule has 1 N–H and O–H groups in total. The lowest BCUT2D eigenvalue weighted by Gasteiger charge is -2.32. The Hall–Kier alpha value is -2.62. The van der Waals surface area contributed by atoms with Crippen LogP contribution in [0.15, 0.2) is 23.0 Å². The van der Waals surface area contributed by atoms with Gasteiger partial charge in [-0.15, -0.1) is 5.10 Å². The average Bonchev–Trinajstić information content (AvgIpc) is 3.63. The number of ether oxygens (including phenoxy) is 2. The number of aromatic amines is 1. The molecule has 0 spiro atoms. The van der Waals surface area contributed by atoms with Crippen LogP contribution in [0.3, 0.4) is 0 Å². The van der Waals surface area contributed by atoms with Crippen molar-refractivity contribution in [2.24, 2.45) is 0 Å². The van der Waals surface area contributed by atoms with Crippen LogP contribution in [0.25, 0.3) is 10.9 Å². The zero-order chi connectivity index (χ0) is 25.1. The van der Waals surface area contributed by atoms with Crippen LogP contribution in [0, 0.1) is 13.8 Å². The molecule has 0 unspecified atom stereocenters. The summed E-state index contributed by atoms with van der Waals surface area (Å²) < 4.78 is 13.8. The van der Waals surface area contributed by atoms with Crippen molar-refractivity contribution in [2.75, 3.05) is 19.8 Å². The van der Waals surface area contributed by atoms with E-state index in [9.17, 15) is 4.79 Å². The van der Waals surface area contributed by atoms with E-state index in [1.807, 2.05) is 10.7 Å². The van der Waals surface area contributed by atoms with Gasteiger partial charge in [0.2, 0.25) is 0 Å². The summed E-state index contributed by atoms with van der Waals surface area (Å²) in [5.74, 6) is 0.842. The molecule has 3 aromatic rings. The largest absolute Gasteiger partial charge is 0.377 e. The number of rotatable bonds is 10. The number of hydrogen-bond donors (Lipinski definition) is 1. The Balaban J connectivity index is 1.48. The number of tetrazole rings is 1. The van der Waals surface area contributed by atoms with E-state index >= 15 is 0 Å². The van der Waals surface area contributed by atoms with Crippen molar-refractivity contribution in [1.82, 2.24) is 30.1 Å². The first-order valence-corrected chi connectivity index (χ1v) is 13.4. The SMILES string of the molecule is CCC[C@H](c1nnnn1C[C@H]1CCCO1)N(Cc1cc2cc(C)c(C)cc2[nH]c1=O)C[C@@H]1CCCO1. The predicted molar refractivity (Wildman–Crippen MR) is 138 cm³/mol. The van der Waals surface area contributed by atoms with Gasteiger partial charge in [0, 0.05) is 37.4 Å². The number of aryl methyl sites for hydroxylation is 2. The minimum Gasteiger partial charge on any atom is -0.377 e. The Morgan fingerprint density at radius 1 is 1.11 bits per heavy atom. The summed E-state index contributed by atoms with van der Waals surface area (Å²) in [6.45, 7) is 9.86. The van der Waals surface area contributed by atoms with Gasteiger partial charge in [-0.1, -0.05) is 13.3 Å². The number of aromatic nitrogens is 5. The molecule has 2 aliphatic heterocycles. The number of hydrogen-bond acceptors (Lipinski definition) is 7. The normalized spacial score (nSPS) is 21.1. The molecule has 5 rings (SSSR count). The van der Waals surface area contributed by atoms with Gasteiger partial charge in [-0.05, 0) is 91.1 Å². The minimum atomic E-state index is -0.0442. The van der Waals surface area contributed by atoms with E-state index in [-0.39, 0.29) is 23.8 Å². The highest BCUT2D eigenvalue weighted by Gasteiger charge is 2.31. The fourth-order valence-corrected chi connectivity index (χ4v) is 5.52. The van der Waals surface area contributed by atoms with E-state index in [4.69, 9.17) is 9.47 Å². The molecule has 9 nitrogen and oxygen atoms in total. The second kappa shape index (κ2) is 11.2. The van der Waals surface area contributed by atoms with Crippen molar-refractivity contribution in [3.05, 3.63) is 51.1 Å². The van der Waals surface area contributed by atoms with Crippen molar-refractivity contribution in [2.45, 2.75) is 90.6 Å². The molecule has 2 aromatic heterocycles. The van der Waals surface area contributed by atoms with E-state index < -0.39 is 0 Å². The third kappa shape index (κ3) is 5.53. The van der Waals surface area contributed by atoms with Crippen LogP contribution in [0.4, 0.5) is 0 Å². The molecule has 0 bridgehead atoms. The van der Waals surface area contributed by atoms with Crippen molar-refractivity contribution in [3.63, 3.8) is 0 Å². The number of benzene rings is 1. The number of H-pyrrole nitrogens is 1. The minimum absolute atomic E-state index is 0.0227. The van der Waals surface area contributed by atoms with Gasteiger partial charge in [0.25, 0.3) is 5.56 Å². The fourth-order valence-electron chi connectivity index (χ4n) is 5.52. The average molecular weight is 495 g/mol. The molecule has 1 aromatic carbocycles. The molecule has 0 radical (unpaired) electrons. The highest BCUT2D eigenvalue weighted by Crippen LogP contribution is 2.29. The van der Waals surface area contributed by atoms with Crippen LogP contribution >= 0.6 is 0 Å². The first-order chi connectivity index (χ1) is 17.5.